The van der Waals surface area contributed by atoms with Crippen molar-refractivity contribution in [3.05, 3.63) is 53.6 Å². The lowest BCUT2D eigenvalue weighted by atomic mass is 10.1. The summed E-state index contributed by atoms with van der Waals surface area (Å²) in [7, 11) is 3.05. The van der Waals surface area contributed by atoms with E-state index >= 15 is 0 Å². The minimum atomic E-state index is -0.254. The predicted molar refractivity (Wildman–Crippen MR) is 93.2 cm³/mol. The van der Waals surface area contributed by atoms with Gasteiger partial charge in [0.05, 0.1) is 20.8 Å². The van der Waals surface area contributed by atoms with Gasteiger partial charge in [0, 0.05) is 0 Å². The van der Waals surface area contributed by atoms with Crippen LogP contribution in [0.1, 0.15) is 22.8 Å². The van der Waals surface area contributed by atoms with Crippen LogP contribution in [0.5, 0.6) is 17.2 Å². The van der Waals surface area contributed by atoms with E-state index in [1.165, 1.54) is 19.8 Å². The number of ether oxygens (including phenoxy) is 3. The molecule has 1 N–H and O–H groups in total. The highest BCUT2D eigenvalue weighted by atomic mass is 16.5. The molecule has 0 spiro atoms. The van der Waals surface area contributed by atoms with Crippen LogP contribution in [0.3, 0.4) is 0 Å². The highest BCUT2D eigenvalue weighted by molar-refractivity contribution is 5.99. The SMILES string of the molecule is CCc1cccc(OCCNC(=O)c2c(OC)cccc2OC)c1. The Morgan fingerprint density at radius 3 is 2.33 bits per heavy atom. The van der Waals surface area contributed by atoms with Gasteiger partial charge in [-0.3, -0.25) is 4.79 Å². The van der Waals surface area contributed by atoms with Crippen LogP contribution in [0.15, 0.2) is 42.5 Å². The second kappa shape index (κ2) is 8.82. The first-order chi connectivity index (χ1) is 11.7. The lowest BCUT2D eigenvalue weighted by molar-refractivity contribution is 0.0940. The van der Waals surface area contributed by atoms with E-state index in [2.05, 4.69) is 18.3 Å². The Morgan fingerprint density at radius 1 is 1.04 bits per heavy atom. The number of methoxy groups -OCH3 is 2. The van der Waals surface area contributed by atoms with E-state index in [0.717, 1.165) is 12.2 Å². The molecule has 0 aliphatic heterocycles. The Morgan fingerprint density at radius 2 is 1.71 bits per heavy atom. The normalized spacial score (nSPS) is 10.1. The summed E-state index contributed by atoms with van der Waals surface area (Å²) in [6.45, 7) is 2.87. The Hall–Kier alpha value is -2.69. The monoisotopic (exact) mass is 329 g/mol. The fourth-order valence-electron chi connectivity index (χ4n) is 2.35. The standard InChI is InChI=1S/C19H23NO4/c1-4-14-7-5-8-15(13-14)24-12-11-20-19(21)18-16(22-2)9-6-10-17(18)23-3/h5-10,13H,4,11-12H2,1-3H3,(H,20,21). The third-order valence-corrected chi connectivity index (χ3v) is 3.62. The van der Waals surface area contributed by atoms with Crippen molar-refractivity contribution >= 4 is 5.91 Å². The van der Waals surface area contributed by atoms with E-state index in [1.807, 2.05) is 18.2 Å². The number of benzene rings is 2. The molecule has 1 amide bonds. The fraction of sp³-hybridized carbons (Fsp3) is 0.316. The third-order valence-electron chi connectivity index (χ3n) is 3.62. The van der Waals surface area contributed by atoms with Crippen molar-refractivity contribution in [2.45, 2.75) is 13.3 Å². The Labute approximate surface area is 142 Å². The van der Waals surface area contributed by atoms with Crippen LogP contribution in [0.2, 0.25) is 0 Å². The highest BCUT2D eigenvalue weighted by Crippen LogP contribution is 2.27. The van der Waals surface area contributed by atoms with Crippen molar-refractivity contribution < 1.29 is 19.0 Å². The minimum absolute atomic E-state index is 0.254. The first kappa shape index (κ1) is 17.7. The van der Waals surface area contributed by atoms with E-state index in [-0.39, 0.29) is 5.91 Å². The molecule has 0 saturated carbocycles. The molecular formula is C19H23NO4. The minimum Gasteiger partial charge on any atom is -0.496 e. The maximum atomic E-state index is 12.4. The smallest absolute Gasteiger partial charge is 0.258 e. The molecule has 0 bridgehead atoms. The van der Waals surface area contributed by atoms with Gasteiger partial charge in [0.1, 0.15) is 29.4 Å². The molecule has 24 heavy (non-hydrogen) atoms. The molecule has 0 saturated heterocycles. The molecule has 0 aliphatic rings. The zero-order valence-electron chi connectivity index (χ0n) is 14.3. The van der Waals surface area contributed by atoms with Crippen LogP contribution < -0.4 is 19.5 Å². The van der Waals surface area contributed by atoms with Crippen LogP contribution in [-0.4, -0.2) is 33.3 Å². The van der Waals surface area contributed by atoms with Crippen molar-refractivity contribution in [1.29, 1.82) is 0 Å². The van der Waals surface area contributed by atoms with E-state index in [9.17, 15) is 4.79 Å². The van der Waals surface area contributed by atoms with Crippen LogP contribution in [0, 0.1) is 0 Å². The number of carbonyl (C=O) groups is 1. The second-order valence-electron chi connectivity index (χ2n) is 5.14. The lowest BCUT2D eigenvalue weighted by Gasteiger charge is -2.13. The molecule has 0 radical (unpaired) electrons. The summed E-state index contributed by atoms with van der Waals surface area (Å²) >= 11 is 0. The van der Waals surface area contributed by atoms with E-state index in [0.29, 0.717) is 30.2 Å². The zero-order valence-corrected chi connectivity index (χ0v) is 14.3. The van der Waals surface area contributed by atoms with Gasteiger partial charge in [-0.05, 0) is 36.2 Å². The van der Waals surface area contributed by atoms with Crippen molar-refractivity contribution in [3.8, 4) is 17.2 Å². The van der Waals surface area contributed by atoms with Gasteiger partial charge in [-0.15, -0.1) is 0 Å². The van der Waals surface area contributed by atoms with Gasteiger partial charge in [0.2, 0.25) is 0 Å². The topological polar surface area (TPSA) is 56.8 Å². The Balaban J connectivity index is 1.92. The van der Waals surface area contributed by atoms with Crippen LogP contribution in [0.4, 0.5) is 0 Å². The molecule has 2 rings (SSSR count). The lowest BCUT2D eigenvalue weighted by Crippen LogP contribution is -2.28. The van der Waals surface area contributed by atoms with Gasteiger partial charge < -0.3 is 19.5 Å². The molecule has 5 nitrogen and oxygen atoms in total. The quantitative estimate of drug-likeness (QED) is 0.756. The first-order valence-electron chi connectivity index (χ1n) is 7.90. The average Bonchev–Trinajstić information content (AvgIpc) is 2.64. The molecule has 0 aliphatic carbocycles. The van der Waals surface area contributed by atoms with Gasteiger partial charge in [-0.2, -0.15) is 0 Å². The molecule has 2 aromatic rings. The Kier molecular flexibility index (Phi) is 6.49. The highest BCUT2D eigenvalue weighted by Gasteiger charge is 2.17. The largest absolute Gasteiger partial charge is 0.496 e. The summed E-state index contributed by atoms with van der Waals surface area (Å²) in [4.78, 5) is 12.4. The number of hydrogen-bond acceptors (Lipinski definition) is 4. The molecule has 2 aromatic carbocycles. The van der Waals surface area contributed by atoms with Crippen molar-refractivity contribution in [1.82, 2.24) is 5.32 Å². The van der Waals surface area contributed by atoms with E-state index < -0.39 is 0 Å². The second-order valence-corrected chi connectivity index (χ2v) is 5.14. The summed E-state index contributed by atoms with van der Waals surface area (Å²) in [5, 5.41) is 2.82. The Bertz CT molecular complexity index is 663. The van der Waals surface area contributed by atoms with Gasteiger partial charge in [0.15, 0.2) is 0 Å². The maximum absolute atomic E-state index is 12.4. The van der Waals surface area contributed by atoms with Crippen LogP contribution in [0.25, 0.3) is 0 Å². The summed E-state index contributed by atoms with van der Waals surface area (Å²) < 4.78 is 16.1. The third kappa shape index (κ3) is 4.41. The summed E-state index contributed by atoms with van der Waals surface area (Å²) in [6, 6.07) is 13.2. The maximum Gasteiger partial charge on any atom is 0.258 e. The molecular weight excluding hydrogens is 306 g/mol. The van der Waals surface area contributed by atoms with E-state index in [1.54, 1.807) is 18.2 Å². The number of hydrogen-bond donors (Lipinski definition) is 1. The number of nitrogens with one attached hydrogen (secondary N) is 1. The van der Waals surface area contributed by atoms with Crippen LogP contribution >= 0.6 is 0 Å². The number of amides is 1. The summed E-state index contributed by atoms with van der Waals surface area (Å²) in [5.41, 5.74) is 1.60. The fourth-order valence-corrected chi connectivity index (χ4v) is 2.35. The zero-order chi connectivity index (χ0) is 17.4. The van der Waals surface area contributed by atoms with Gasteiger partial charge in [-0.25, -0.2) is 0 Å². The molecule has 0 atom stereocenters. The van der Waals surface area contributed by atoms with Gasteiger partial charge in [-0.1, -0.05) is 25.1 Å². The number of rotatable bonds is 8. The average molecular weight is 329 g/mol. The van der Waals surface area contributed by atoms with Crippen LogP contribution in [-0.2, 0) is 6.42 Å². The van der Waals surface area contributed by atoms with E-state index in [4.69, 9.17) is 14.2 Å². The molecule has 0 heterocycles. The van der Waals surface area contributed by atoms with Crippen molar-refractivity contribution in [2.75, 3.05) is 27.4 Å². The predicted octanol–water partition coefficient (Wildman–Crippen LogP) is 3.08. The van der Waals surface area contributed by atoms with Crippen molar-refractivity contribution in [2.24, 2.45) is 0 Å². The molecule has 0 fully saturated rings. The number of carbonyl (C=O) groups excluding carboxylic acids is 1. The molecule has 5 heteroatoms. The first-order valence-corrected chi connectivity index (χ1v) is 7.90. The number of aryl methyl sites for hydroxylation is 1. The molecule has 0 aromatic heterocycles. The van der Waals surface area contributed by atoms with Gasteiger partial charge >= 0.3 is 0 Å². The van der Waals surface area contributed by atoms with Crippen molar-refractivity contribution in [3.63, 3.8) is 0 Å². The molecule has 0 unspecified atom stereocenters. The molecule has 128 valence electrons. The summed E-state index contributed by atoms with van der Waals surface area (Å²) in [6.07, 6.45) is 0.960. The summed E-state index contributed by atoms with van der Waals surface area (Å²) in [5.74, 6) is 1.50. The van der Waals surface area contributed by atoms with Gasteiger partial charge in [0.25, 0.3) is 5.91 Å².